The Morgan fingerprint density at radius 1 is 1.35 bits per heavy atom. The minimum Gasteiger partial charge on any atom is -0.493 e. The Labute approximate surface area is 99.5 Å². The van der Waals surface area contributed by atoms with Crippen molar-refractivity contribution in [2.24, 2.45) is 0 Å². The predicted octanol–water partition coefficient (Wildman–Crippen LogP) is 1.75. The minimum atomic E-state index is -0.597. The van der Waals surface area contributed by atoms with Crippen molar-refractivity contribution < 1.29 is 19.0 Å². The molecule has 1 aromatic carbocycles. The van der Waals surface area contributed by atoms with Crippen LogP contribution in [0.4, 0.5) is 0 Å². The second kappa shape index (κ2) is 5.75. The summed E-state index contributed by atoms with van der Waals surface area (Å²) in [6.07, 6.45) is 0. The van der Waals surface area contributed by atoms with E-state index in [4.69, 9.17) is 19.5 Å². The lowest BCUT2D eigenvalue weighted by Gasteiger charge is -2.12. The molecule has 0 N–H and O–H groups in total. The Bertz CT molecular complexity index is 462. The normalized spacial score (nSPS) is 9.29. The van der Waals surface area contributed by atoms with Crippen LogP contribution >= 0.6 is 0 Å². The number of methoxy groups -OCH3 is 2. The molecular formula is C12H13NO4. The fourth-order valence-corrected chi connectivity index (χ4v) is 1.43. The van der Waals surface area contributed by atoms with Crippen molar-refractivity contribution >= 4 is 5.97 Å². The number of benzene rings is 1. The van der Waals surface area contributed by atoms with Gasteiger partial charge in [0.25, 0.3) is 0 Å². The summed E-state index contributed by atoms with van der Waals surface area (Å²) < 4.78 is 15.0. The number of ether oxygens (including phenoxy) is 3. The minimum absolute atomic E-state index is 0.0937. The van der Waals surface area contributed by atoms with Crippen molar-refractivity contribution in [3.05, 3.63) is 23.3 Å². The van der Waals surface area contributed by atoms with E-state index in [0.29, 0.717) is 5.75 Å². The van der Waals surface area contributed by atoms with Gasteiger partial charge in [0.1, 0.15) is 11.6 Å². The summed E-state index contributed by atoms with van der Waals surface area (Å²) in [6.45, 7) is 1.92. The molecule has 0 aromatic heterocycles. The summed E-state index contributed by atoms with van der Waals surface area (Å²) in [7, 11) is 2.86. The van der Waals surface area contributed by atoms with Gasteiger partial charge in [-0.15, -0.1) is 0 Å². The fourth-order valence-electron chi connectivity index (χ4n) is 1.43. The van der Waals surface area contributed by atoms with Crippen LogP contribution < -0.4 is 9.47 Å². The van der Waals surface area contributed by atoms with Crippen molar-refractivity contribution in [2.75, 3.05) is 20.8 Å². The van der Waals surface area contributed by atoms with Crippen molar-refractivity contribution in [3.63, 3.8) is 0 Å². The Balaban J connectivity index is 3.41. The molecule has 0 spiro atoms. The van der Waals surface area contributed by atoms with Gasteiger partial charge in [0.15, 0.2) is 11.5 Å². The van der Waals surface area contributed by atoms with E-state index in [1.165, 1.54) is 20.3 Å². The zero-order chi connectivity index (χ0) is 12.8. The number of hydrogen-bond donors (Lipinski definition) is 0. The van der Waals surface area contributed by atoms with E-state index in [9.17, 15) is 4.79 Å². The molecule has 0 radical (unpaired) electrons. The maximum Gasteiger partial charge on any atom is 0.343 e. The molecule has 0 unspecified atom stereocenters. The maximum absolute atomic E-state index is 11.8. The molecule has 0 saturated heterocycles. The molecule has 0 aliphatic heterocycles. The van der Waals surface area contributed by atoms with E-state index in [2.05, 4.69) is 0 Å². The molecule has 0 heterocycles. The molecule has 0 bridgehead atoms. The van der Waals surface area contributed by atoms with E-state index < -0.39 is 5.97 Å². The Kier molecular flexibility index (Phi) is 4.35. The fraction of sp³-hybridized carbons (Fsp3) is 0.333. The Morgan fingerprint density at radius 3 is 2.53 bits per heavy atom. The molecule has 0 aliphatic rings. The highest BCUT2D eigenvalue weighted by atomic mass is 16.5. The van der Waals surface area contributed by atoms with E-state index in [0.717, 1.165) is 0 Å². The average Bonchev–Trinajstić information content (AvgIpc) is 2.36. The van der Waals surface area contributed by atoms with Crippen molar-refractivity contribution in [2.45, 2.75) is 6.92 Å². The van der Waals surface area contributed by atoms with E-state index >= 15 is 0 Å². The van der Waals surface area contributed by atoms with Crippen LogP contribution in [0.2, 0.25) is 0 Å². The molecule has 0 amide bonds. The Morgan fingerprint density at radius 2 is 2.06 bits per heavy atom. The zero-order valence-electron chi connectivity index (χ0n) is 9.94. The monoisotopic (exact) mass is 235 g/mol. The van der Waals surface area contributed by atoms with Gasteiger partial charge in [-0.25, -0.2) is 4.79 Å². The van der Waals surface area contributed by atoms with Crippen LogP contribution in [-0.4, -0.2) is 26.8 Å². The largest absolute Gasteiger partial charge is 0.493 e. The van der Waals surface area contributed by atoms with E-state index in [1.54, 1.807) is 13.0 Å². The molecule has 0 aliphatic carbocycles. The number of carbonyl (C=O) groups excluding carboxylic acids is 1. The standard InChI is InChI=1S/C12H13NO4/c1-4-17-12(14)10-8(7-13)5-6-9(15-2)11(10)16-3/h5-6H,4H2,1-3H3. The molecule has 0 atom stereocenters. The third-order valence-corrected chi connectivity index (χ3v) is 2.15. The van der Waals surface area contributed by atoms with Gasteiger partial charge in [-0.1, -0.05) is 0 Å². The molecule has 90 valence electrons. The van der Waals surface area contributed by atoms with Gasteiger partial charge in [-0.2, -0.15) is 5.26 Å². The predicted molar refractivity (Wildman–Crippen MR) is 60.2 cm³/mol. The second-order valence-electron chi connectivity index (χ2n) is 3.06. The molecule has 0 fully saturated rings. The lowest BCUT2D eigenvalue weighted by molar-refractivity contribution is 0.0521. The number of esters is 1. The first-order chi connectivity index (χ1) is 8.19. The highest BCUT2D eigenvalue weighted by Gasteiger charge is 2.22. The van der Waals surface area contributed by atoms with Crippen LogP contribution in [0.15, 0.2) is 12.1 Å². The van der Waals surface area contributed by atoms with Gasteiger partial charge >= 0.3 is 5.97 Å². The Hall–Kier alpha value is -2.22. The van der Waals surface area contributed by atoms with Crippen LogP contribution in [0.3, 0.4) is 0 Å². The summed E-state index contributed by atoms with van der Waals surface area (Å²) >= 11 is 0. The maximum atomic E-state index is 11.8. The average molecular weight is 235 g/mol. The summed E-state index contributed by atoms with van der Waals surface area (Å²) in [5.41, 5.74) is 0.289. The number of rotatable bonds is 4. The topological polar surface area (TPSA) is 68.6 Å². The third-order valence-electron chi connectivity index (χ3n) is 2.15. The van der Waals surface area contributed by atoms with Crippen LogP contribution in [0.1, 0.15) is 22.8 Å². The smallest absolute Gasteiger partial charge is 0.343 e. The van der Waals surface area contributed by atoms with Crippen molar-refractivity contribution in [1.82, 2.24) is 0 Å². The third kappa shape index (κ3) is 2.48. The van der Waals surface area contributed by atoms with Crippen LogP contribution in [0, 0.1) is 11.3 Å². The molecule has 0 saturated carbocycles. The highest BCUT2D eigenvalue weighted by molar-refractivity contribution is 5.96. The first kappa shape index (κ1) is 12.8. The first-order valence-electron chi connectivity index (χ1n) is 5.01. The van der Waals surface area contributed by atoms with Gasteiger partial charge in [-0.05, 0) is 19.1 Å². The van der Waals surface area contributed by atoms with Crippen molar-refractivity contribution in [3.8, 4) is 17.6 Å². The number of carbonyl (C=O) groups is 1. The molecule has 5 heteroatoms. The second-order valence-corrected chi connectivity index (χ2v) is 3.06. The van der Waals surface area contributed by atoms with Crippen molar-refractivity contribution in [1.29, 1.82) is 5.26 Å². The summed E-state index contributed by atoms with van der Waals surface area (Å²) in [4.78, 5) is 11.8. The highest BCUT2D eigenvalue weighted by Crippen LogP contribution is 2.33. The molecule has 5 nitrogen and oxygen atoms in total. The summed E-state index contributed by atoms with van der Waals surface area (Å²) in [5, 5.41) is 8.96. The number of nitrogens with zero attached hydrogens (tertiary/aromatic N) is 1. The lowest BCUT2D eigenvalue weighted by Crippen LogP contribution is -2.10. The van der Waals surface area contributed by atoms with Gasteiger partial charge in [-0.3, -0.25) is 0 Å². The summed E-state index contributed by atoms with van der Waals surface area (Å²) in [5.74, 6) is -0.000599. The molecular weight excluding hydrogens is 222 g/mol. The van der Waals surface area contributed by atoms with Gasteiger partial charge in [0.2, 0.25) is 0 Å². The SMILES string of the molecule is CCOC(=O)c1c(C#N)ccc(OC)c1OC. The van der Waals surface area contributed by atoms with Crippen LogP contribution in [0.5, 0.6) is 11.5 Å². The molecule has 1 aromatic rings. The summed E-state index contributed by atoms with van der Waals surface area (Å²) in [6, 6.07) is 4.99. The first-order valence-corrected chi connectivity index (χ1v) is 5.01. The number of nitriles is 1. The molecule has 17 heavy (non-hydrogen) atoms. The molecule has 1 rings (SSSR count). The quantitative estimate of drug-likeness (QED) is 0.743. The zero-order valence-corrected chi connectivity index (χ0v) is 9.94. The van der Waals surface area contributed by atoms with Crippen LogP contribution in [-0.2, 0) is 4.74 Å². The van der Waals surface area contributed by atoms with Gasteiger partial charge < -0.3 is 14.2 Å². The lowest BCUT2D eigenvalue weighted by atomic mass is 10.1. The van der Waals surface area contributed by atoms with E-state index in [1.807, 2.05) is 6.07 Å². The van der Waals surface area contributed by atoms with Gasteiger partial charge in [0, 0.05) is 0 Å². The number of hydrogen-bond acceptors (Lipinski definition) is 5. The van der Waals surface area contributed by atoms with Gasteiger partial charge in [0.05, 0.1) is 26.4 Å². The van der Waals surface area contributed by atoms with Crippen LogP contribution in [0.25, 0.3) is 0 Å². The van der Waals surface area contributed by atoms with E-state index in [-0.39, 0.29) is 23.5 Å².